The smallest absolute Gasteiger partial charge is 0.134 e. The van der Waals surface area contributed by atoms with E-state index in [0.717, 1.165) is 31.7 Å². The van der Waals surface area contributed by atoms with Crippen LogP contribution < -0.4 is 10.6 Å². The molecule has 5 heteroatoms. The Bertz CT molecular complexity index is 381. The lowest BCUT2D eigenvalue weighted by Crippen LogP contribution is -2.64. The van der Waals surface area contributed by atoms with E-state index in [1.165, 1.54) is 6.33 Å². The third-order valence-electron chi connectivity index (χ3n) is 3.39. The van der Waals surface area contributed by atoms with Gasteiger partial charge in [-0.1, -0.05) is 0 Å². The largest absolute Gasteiger partial charge is 0.393 e. The predicted octanol–water partition coefficient (Wildman–Crippen LogP) is 0.0199. The van der Waals surface area contributed by atoms with Crippen LogP contribution in [0.5, 0.6) is 0 Å². The van der Waals surface area contributed by atoms with E-state index in [0.29, 0.717) is 11.2 Å². The van der Waals surface area contributed by atoms with Gasteiger partial charge in [-0.15, -0.1) is 0 Å². The lowest BCUT2D eigenvalue weighted by Gasteiger charge is -2.58. The highest BCUT2D eigenvalue weighted by Crippen LogP contribution is 2.49. The van der Waals surface area contributed by atoms with Crippen molar-refractivity contribution >= 4 is 11.6 Å². The Kier molecular flexibility index (Phi) is 1.68. The number of nitrogens with two attached hydrogens (primary N) is 1. The van der Waals surface area contributed by atoms with E-state index in [-0.39, 0.29) is 6.10 Å². The number of aromatic nitrogens is 2. The molecule has 0 amide bonds. The van der Waals surface area contributed by atoms with Gasteiger partial charge in [0.15, 0.2) is 0 Å². The summed E-state index contributed by atoms with van der Waals surface area (Å²) >= 11 is 0. The number of aliphatic hydroxyl groups is 1. The Labute approximate surface area is 87.9 Å². The second kappa shape index (κ2) is 2.82. The summed E-state index contributed by atoms with van der Waals surface area (Å²) in [4.78, 5) is 10.2. The molecule has 1 aromatic heterocycles. The summed E-state index contributed by atoms with van der Waals surface area (Å²) in [5, 5.41) is 9.29. The van der Waals surface area contributed by atoms with E-state index in [9.17, 15) is 5.11 Å². The summed E-state index contributed by atoms with van der Waals surface area (Å²) in [5.41, 5.74) is 5.95. The first-order valence-corrected chi connectivity index (χ1v) is 5.17. The fourth-order valence-electron chi connectivity index (χ4n) is 2.66. The number of nitrogen functional groups attached to an aromatic ring is 1. The van der Waals surface area contributed by atoms with Gasteiger partial charge in [-0.05, 0) is 12.8 Å². The Balaban J connectivity index is 1.68. The molecule has 0 radical (unpaired) electrons. The van der Waals surface area contributed by atoms with E-state index >= 15 is 0 Å². The SMILES string of the molecule is Nc1cc(N2CC3(CC(O)C3)C2)ncn1. The zero-order valence-electron chi connectivity index (χ0n) is 8.43. The minimum Gasteiger partial charge on any atom is -0.393 e. The monoisotopic (exact) mass is 206 g/mol. The summed E-state index contributed by atoms with van der Waals surface area (Å²) in [6.07, 6.45) is 3.28. The van der Waals surface area contributed by atoms with Gasteiger partial charge >= 0.3 is 0 Å². The fraction of sp³-hybridized carbons (Fsp3) is 0.600. The highest BCUT2D eigenvalue weighted by atomic mass is 16.3. The van der Waals surface area contributed by atoms with Gasteiger partial charge in [0.25, 0.3) is 0 Å². The molecule has 0 bridgehead atoms. The highest BCUT2D eigenvalue weighted by Gasteiger charge is 2.52. The lowest BCUT2D eigenvalue weighted by atomic mass is 9.62. The van der Waals surface area contributed by atoms with Crippen molar-refractivity contribution in [2.75, 3.05) is 23.7 Å². The molecule has 0 unspecified atom stereocenters. The molecule has 0 aromatic carbocycles. The Morgan fingerprint density at radius 1 is 1.40 bits per heavy atom. The molecule has 2 fully saturated rings. The molecule has 80 valence electrons. The van der Waals surface area contributed by atoms with Crippen molar-refractivity contribution in [2.45, 2.75) is 18.9 Å². The standard InChI is InChI=1S/C10H14N4O/c11-8-1-9(13-6-12-8)14-4-10(5-14)2-7(15)3-10/h1,6-7,15H,2-5H2,(H2,11,12,13). The zero-order chi connectivity index (χ0) is 10.5. The molecule has 1 aromatic rings. The van der Waals surface area contributed by atoms with Crippen LogP contribution in [0.15, 0.2) is 12.4 Å². The Hall–Kier alpha value is -1.36. The molecule has 1 saturated carbocycles. The van der Waals surface area contributed by atoms with Gasteiger partial charge in [0.2, 0.25) is 0 Å². The highest BCUT2D eigenvalue weighted by molar-refractivity contribution is 5.49. The van der Waals surface area contributed by atoms with Crippen molar-refractivity contribution in [3.05, 3.63) is 12.4 Å². The predicted molar refractivity (Wildman–Crippen MR) is 56.3 cm³/mol. The van der Waals surface area contributed by atoms with Gasteiger partial charge in [0.05, 0.1) is 6.10 Å². The number of nitrogens with zero attached hydrogens (tertiary/aromatic N) is 3. The fourth-order valence-corrected chi connectivity index (χ4v) is 2.66. The number of hydrogen-bond acceptors (Lipinski definition) is 5. The number of rotatable bonds is 1. The maximum absolute atomic E-state index is 9.29. The van der Waals surface area contributed by atoms with E-state index in [2.05, 4.69) is 14.9 Å². The number of hydrogen-bond donors (Lipinski definition) is 2. The minimum atomic E-state index is -0.0809. The molecule has 5 nitrogen and oxygen atoms in total. The van der Waals surface area contributed by atoms with Crippen LogP contribution >= 0.6 is 0 Å². The van der Waals surface area contributed by atoms with Gasteiger partial charge < -0.3 is 15.7 Å². The maximum Gasteiger partial charge on any atom is 0.134 e. The molecule has 1 aliphatic heterocycles. The van der Waals surface area contributed by atoms with Gasteiger partial charge in [-0.25, -0.2) is 9.97 Å². The lowest BCUT2D eigenvalue weighted by molar-refractivity contribution is -0.0494. The zero-order valence-corrected chi connectivity index (χ0v) is 8.43. The molecule has 3 N–H and O–H groups in total. The average Bonchev–Trinajstić information content (AvgIpc) is 2.08. The average molecular weight is 206 g/mol. The summed E-state index contributed by atoms with van der Waals surface area (Å²) in [6, 6.07) is 1.79. The van der Waals surface area contributed by atoms with Crippen molar-refractivity contribution in [3.8, 4) is 0 Å². The molecular formula is C10H14N4O. The van der Waals surface area contributed by atoms with Crippen molar-refractivity contribution in [3.63, 3.8) is 0 Å². The van der Waals surface area contributed by atoms with Crippen molar-refractivity contribution < 1.29 is 5.11 Å². The Morgan fingerprint density at radius 2 is 2.13 bits per heavy atom. The quantitative estimate of drug-likeness (QED) is 0.677. The van der Waals surface area contributed by atoms with E-state index < -0.39 is 0 Å². The van der Waals surface area contributed by atoms with Crippen LogP contribution in [0.2, 0.25) is 0 Å². The van der Waals surface area contributed by atoms with Crippen molar-refractivity contribution in [2.24, 2.45) is 5.41 Å². The van der Waals surface area contributed by atoms with Crippen LogP contribution in [0, 0.1) is 5.41 Å². The molecule has 3 rings (SSSR count). The van der Waals surface area contributed by atoms with Crippen LogP contribution in [0.25, 0.3) is 0 Å². The molecular weight excluding hydrogens is 192 g/mol. The molecule has 1 saturated heterocycles. The van der Waals surface area contributed by atoms with Gasteiger partial charge in [-0.2, -0.15) is 0 Å². The van der Waals surface area contributed by atoms with Crippen LogP contribution in [-0.4, -0.2) is 34.3 Å². The summed E-state index contributed by atoms with van der Waals surface area (Å²) in [7, 11) is 0. The molecule has 1 aliphatic carbocycles. The minimum absolute atomic E-state index is 0.0809. The van der Waals surface area contributed by atoms with Crippen LogP contribution in [0.1, 0.15) is 12.8 Å². The molecule has 1 spiro atoms. The van der Waals surface area contributed by atoms with E-state index in [1.54, 1.807) is 6.07 Å². The van der Waals surface area contributed by atoms with Crippen LogP contribution in [0.3, 0.4) is 0 Å². The Morgan fingerprint density at radius 3 is 2.73 bits per heavy atom. The third kappa shape index (κ3) is 1.34. The van der Waals surface area contributed by atoms with Gasteiger partial charge in [0, 0.05) is 24.6 Å². The normalized spacial score (nSPS) is 23.7. The van der Waals surface area contributed by atoms with Gasteiger partial charge in [0.1, 0.15) is 18.0 Å². The first-order chi connectivity index (χ1) is 7.17. The summed E-state index contributed by atoms with van der Waals surface area (Å²) in [6.45, 7) is 1.97. The number of aliphatic hydroxyl groups excluding tert-OH is 1. The molecule has 15 heavy (non-hydrogen) atoms. The summed E-state index contributed by atoms with van der Waals surface area (Å²) in [5.74, 6) is 1.41. The second-order valence-corrected chi connectivity index (χ2v) is 4.72. The van der Waals surface area contributed by atoms with Crippen molar-refractivity contribution in [1.29, 1.82) is 0 Å². The first-order valence-electron chi connectivity index (χ1n) is 5.17. The van der Waals surface area contributed by atoms with Crippen LogP contribution in [-0.2, 0) is 0 Å². The maximum atomic E-state index is 9.29. The topological polar surface area (TPSA) is 75.3 Å². The molecule has 0 atom stereocenters. The number of anilines is 2. The van der Waals surface area contributed by atoms with E-state index in [4.69, 9.17) is 5.73 Å². The third-order valence-corrected chi connectivity index (χ3v) is 3.39. The van der Waals surface area contributed by atoms with Crippen molar-refractivity contribution in [1.82, 2.24) is 9.97 Å². The van der Waals surface area contributed by atoms with E-state index in [1.807, 2.05) is 0 Å². The molecule has 2 aliphatic rings. The van der Waals surface area contributed by atoms with Crippen LogP contribution in [0.4, 0.5) is 11.6 Å². The second-order valence-electron chi connectivity index (χ2n) is 4.72. The first kappa shape index (κ1) is 8.91. The molecule has 2 heterocycles. The van der Waals surface area contributed by atoms with Gasteiger partial charge in [-0.3, -0.25) is 0 Å². The summed E-state index contributed by atoms with van der Waals surface area (Å²) < 4.78 is 0.